The minimum atomic E-state index is -0.420. The number of fused-ring (bicyclic) bond motifs is 4. The minimum Gasteiger partial charge on any atom is -0.0654 e. The molecule has 0 fully saturated rings. The molecule has 0 nitrogen and oxygen atoms in total. The Balaban J connectivity index is 1.48. The average molecular weight is 725 g/mol. The normalized spacial score (nSPS) is 14.2. The van der Waals surface area contributed by atoms with E-state index in [0.717, 1.165) is 18.8 Å². The van der Waals surface area contributed by atoms with E-state index in [-0.39, 0.29) is 0 Å². The third kappa shape index (κ3) is 7.59. The highest BCUT2D eigenvalue weighted by Crippen LogP contribution is 2.57. The molecule has 0 heterocycles. The molecule has 0 spiro atoms. The molecule has 0 radical (unpaired) electrons. The van der Waals surface area contributed by atoms with Crippen molar-refractivity contribution >= 4 is 10.8 Å². The van der Waals surface area contributed by atoms with Gasteiger partial charge in [-0.3, -0.25) is 0 Å². The van der Waals surface area contributed by atoms with Gasteiger partial charge in [-0.2, -0.15) is 0 Å². The van der Waals surface area contributed by atoms with Gasteiger partial charge in [-0.25, -0.2) is 0 Å². The lowest BCUT2D eigenvalue weighted by atomic mass is 9.67. The Morgan fingerprint density at radius 1 is 0.436 bits per heavy atom. The molecule has 2 unspecified atom stereocenters. The van der Waals surface area contributed by atoms with Gasteiger partial charge in [0.1, 0.15) is 0 Å². The number of hydrogen-bond donors (Lipinski definition) is 0. The summed E-state index contributed by atoms with van der Waals surface area (Å²) in [5, 5.41) is 2.96. The summed E-state index contributed by atoms with van der Waals surface area (Å²) >= 11 is 0. The van der Waals surface area contributed by atoms with E-state index in [1.807, 2.05) is 0 Å². The molecule has 0 N–H and O–H groups in total. The molecule has 1 aliphatic carbocycles. The van der Waals surface area contributed by atoms with Crippen LogP contribution in [0.2, 0.25) is 0 Å². The molecule has 0 amide bonds. The van der Waals surface area contributed by atoms with Crippen LogP contribution >= 0.6 is 0 Å². The fourth-order valence-electron chi connectivity index (χ4n) is 9.80. The Morgan fingerprint density at radius 3 is 1.47 bits per heavy atom. The van der Waals surface area contributed by atoms with Crippen LogP contribution in [0.5, 0.6) is 0 Å². The number of rotatable bonds is 15. The second kappa shape index (κ2) is 16.8. The third-order valence-electron chi connectivity index (χ3n) is 13.1. The third-order valence-corrected chi connectivity index (χ3v) is 13.1. The lowest BCUT2D eigenvalue weighted by Gasteiger charge is -2.34. The van der Waals surface area contributed by atoms with E-state index < -0.39 is 5.41 Å². The van der Waals surface area contributed by atoms with Gasteiger partial charge in [-0.05, 0) is 131 Å². The molecule has 1 aliphatic rings. The van der Waals surface area contributed by atoms with Crippen molar-refractivity contribution < 1.29 is 0 Å². The highest BCUT2D eigenvalue weighted by atomic mass is 14.5. The van der Waals surface area contributed by atoms with Crippen molar-refractivity contribution in [2.45, 2.75) is 125 Å². The Morgan fingerprint density at radius 2 is 0.927 bits per heavy atom. The summed E-state index contributed by atoms with van der Waals surface area (Å²) in [7, 11) is 0. The maximum absolute atomic E-state index is 2.59. The molecule has 55 heavy (non-hydrogen) atoms. The van der Waals surface area contributed by atoms with E-state index >= 15 is 0 Å². The number of benzene rings is 6. The van der Waals surface area contributed by atoms with Gasteiger partial charge >= 0.3 is 0 Å². The molecule has 0 aromatic heterocycles. The van der Waals surface area contributed by atoms with Crippen LogP contribution < -0.4 is 0 Å². The van der Waals surface area contributed by atoms with Crippen molar-refractivity contribution in [1.82, 2.24) is 0 Å². The van der Waals surface area contributed by atoms with Crippen LogP contribution in [-0.4, -0.2) is 0 Å². The minimum absolute atomic E-state index is 0.420. The van der Waals surface area contributed by atoms with Crippen LogP contribution in [-0.2, 0) is 18.3 Å². The Labute approximate surface area is 333 Å². The zero-order valence-corrected chi connectivity index (χ0v) is 35.1. The number of unbranched alkanes of at least 4 members (excludes halogenated alkanes) is 2. The van der Waals surface area contributed by atoms with E-state index in [2.05, 4.69) is 165 Å². The van der Waals surface area contributed by atoms with Gasteiger partial charge in [-0.1, -0.05) is 198 Å². The molecule has 0 bridgehead atoms. The SMILES string of the molecule is CCCCC(CC)Cc1cc(-c2ccc3c(c2)C(c2ccc(C)cc2)(c2ccc(C)cc2)c2cc(C)ccc2-3)cc2c(CC(CC)CCCC)cc(C)cc12. The zero-order valence-electron chi connectivity index (χ0n) is 35.1. The van der Waals surface area contributed by atoms with Crippen molar-refractivity contribution in [3.63, 3.8) is 0 Å². The van der Waals surface area contributed by atoms with Crippen LogP contribution in [0.3, 0.4) is 0 Å². The molecule has 0 saturated carbocycles. The molecule has 7 rings (SSSR count). The van der Waals surface area contributed by atoms with E-state index in [4.69, 9.17) is 0 Å². The fourth-order valence-corrected chi connectivity index (χ4v) is 9.80. The number of hydrogen-bond acceptors (Lipinski definition) is 0. The van der Waals surface area contributed by atoms with Crippen molar-refractivity contribution in [3.05, 3.63) is 165 Å². The lowest BCUT2D eigenvalue weighted by molar-refractivity contribution is 0.449. The van der Waals surface area contributed by atoms with Crippen LogP contribution in [0.1, 0.15) is 135 Å². The summed E-state index contributed by atoms with van der Waals surface area (Å²) in [6.07, 6.45) is 12.5. The summed E-state index contributed by atoms with van der Waals surface area (Å²) in [5.41, 5.74) is 18.8. The van der Waals surface area contributed by atoms with E-state index in [1.54, 1.807) is 5.56 Å². The molecule has 0 heteroatoms. The molecular formula is C55H64. The van der Waals surface area contributed by atoms with Gasteiger partial charge in [0.15, 0.2) is 0 Å². The van der Waals surface area contributed by atoms with Crippen LogP contribution in [0.25, 0.3) is 33.0 Å². The Hall–Kier alpha value is -4.42. The maximum atomic E-state index is 2.59. The van der Waals surface area contributed by atoms with Crippen molar-refractivity contribution in [1.29, 1.82) is 0 Å². The lowest BCUT2D eigenvalue weighted by Crippen LogP contribution is -2.28. The summed E-state index contributed by atoms with van der Waals surface area (Å²) in [4.78, 5) is 0. The van der Waals surface area contributed by atoms with Crippen molar-refractivity contribution in [2.24, 2.45) is 11.8 Å². The van der Waals surface area contributed by atoms with Gasteiger partial charge in [0.05, 0.1) is 5.41 Å². The molecule has 6 aromatic carbocycles. The Kier molecular flexibility index (Phi) is 11.8. The van der Waals surface area contributed by atoms with E-state index in [0.29, 0.717) is 5.92 Å². The van der Waals surface area contributed by atoms with Crippen molar-refractivity contribution in [2.75, 3.05) is 0 Å². The van der Waals surface area contributed by atoms with Gasteiger partial charge in [-0.15, -0.1) is 0 Å². The second-order valence-electron chi connectivity index (χ2n) is 17.2. The van der Waals surface area contributed by atoms with Crippen LogP contribution in [0.15, 0.2) is 109 Å². The molecule has 0 aliphatic heterocycles. The van der Waals surface area contributed by atoms with Gasteiger partial charge in [0.2, 0.25) is 0 Å². The zero-order chi connectivity index (χ0) is 38.7. The summed E-state index contributed by atoms with van der Waals surface area (Å²) in [5.74, 6) is 1.42. The van der Waals surface area contributed by atoms with Crippen LogP contribution in [0, 0.1) is 39.5 Å². The van der Waals surface area contributed by atoms with Crippen LogP contribution in [0.4, 0.5) is 0 Å². The smallest absolute Gasteiger partial charge is 0.0654 e. The predicted octanol–water partition coefficient (Wildman–Crippen LogP) is 15.6. The monoisotopic (exact) mass is 725 g/mol. The summed E-state index contributed by atoms with van der Waals surface area (Å²) in [6.45, 7) is 18.4. The topological polar surface area (TPSA) is 0 Å². The van der Waals surface area contributed by atoms with Gasteiger partial charge in [0.25, 0.3) is 0 Å². The Bertz CT molecular complexity index is 2200. The average Bonchev–Trinajstić information content (AvgIpc) is 3.47. The molecule has 0 saturated heterocycles. The molecular weight excluding hydrogens is 661 g/mol. The van der Waals surface area contributed by atoms with Crippen molar-refractivity contribution in [3.8, 4) is 22.3 Å². The number of aryl methyl sites for hydroxylation is 4. The fraction of sp³-hybridized carbons (Fsp3) is 0.382. The summed E-state index contributed by atoms with van der Waals surface area (Å²) in [6, 6.07) is 43.5. The van der Waals surface area contributed by atoms with Gasteiger partial charge in [0, 0.05) is 0 Å². The first-order chi connectivity index (χ1) is 26.7. The predicted molar refractivity (Wildman–Crippen MR) is 240 cm³/mol. The first-order valence-corrected chi connectivity index (χ1v) is 21.7. The second-order valence-corrected chi connectivity index (χ2v) is 17.2. The highest BCUT2D eigenvalue weighted by molar-refractivity contribution is 5.95. The summed E-state index contributed by atoms with van der Waals surface area (Å²) < 4.78 is 0. The standard InChI is InChI=1S/C55H64/c1-9-13-15-41(11-3)32-45-29-40(8)30-51-46(33-42(12-4)16-14-10-2)34-44(35-52(45)51)43-22-28-50-49-27-21-39(7)31-53(49)55(54(50)36-43,47-23-17-37(5)18-24-47)48-25-19-38(6)20-26-48/h17-31,34-36,41-42H,9-16,32-33H2,1-8H3. The first kappa shape index (κ1) is 38.8. The van der Waals surface area contributed by atoms with Gasteiger partial charge < -0.3 is 0 Å². The van der Waals surface area contributed by atoms with E-state index in [9.17, 15) is 0 Å². The maximum Gasteiger partial charge on any atom is 0.0713 e. The first-order valence-electron chi connectivity index (χ1n) is 21.7. The quantitative estimate of drug-likeness (QED) is 0.0987. The highest BCUT2D eigenvalue weighted by Gasteiger charge is 2.46. The molecule has 2 atom stereocenters. The van der Waals surface area contributed by atoms with E-state index in [1.165, 1.54) is 134 Å². The molecule has 284 valence electrons. The largest absolute Gasteiger partial charge is 0.0713 e. The molecule has 6 aromatic rings.